The van der Waals surface area contributed by atoms with Gasteiger partial charge >= 0.3 is 5.69 Å². The highest BCUT2D eigenvalue weighted by molar-refractivity contribution is 7.22. The van der Waals surface area contributed by atoms with Crippen LogP contribution in [0.5, 0.6) is 0 Å². The molecule has 0 aliphatic rings. The number of nitrogens with one attached hydrogen (secondary N) is 3. The zero-order valence-corrected chi connectivity index (χ0v) is 17.5. The third-order valence-electron chi connectivity index (χ3n) is 4.23. The zero-order valence-electron chi connectivity index (χ0n) is 15.9. The molecule has 1 amide bonds. The number of carbonyl (C=O) groups excluding carboxylic acids is 1. The number of nitrogens with zero attached hydrogens (tertiary/aromatic N) is 4. The van der Waals surface area contributed by atoms with E-state index in [9.17, 15) is 14.9 Å². The summed E-state index contributed by atoms with van der Waals surface area (Å²) in [5.74, 6) is -0.780. The monoisotopic (exact) mass is 455 g/mol. The van der Waals surface area contributed by atoms with Crippen LogP contribution in [0.25, 0.3) is 10.2 Å². The number of thiazole rings is 1. The number of aromatic nitrogens is 3. The smallest absolute Gasteiger partial charge is 0.310 e. The van der Waals surface area contributed by atoms with Gasteiger partial charge in [0.05, 0.1) is 15.1 Å². The molecule has 2 heterocycles. The number of para-hydroxylation sites is 1. The normalized spacial score (nSPS) is 10.6. The highest BCUT2D eigenvalue weighted by atomic mass is 35.5. The molecule has 0 bridgehead atoms. The first-order valence-corrected chi connectivity index (χ1v) is 10.1. The first-order valence-electron chi connectivity index (χ1n) is 8.87. The van der Waals surface area contributed by atoms with Gasteiger partial charge < -0.3 is 5.32 Å². The van der Waals surface area contributed by atoms with E-state index in [1.807, 2.05) is 25.1 Å². The van der Waals surface area contributed by atoms with Gasteiger partial charge in [-0.15, -0.1) is 0 Å². The van der Waals surface area contributed by atoms with Crippen molar-refractivity contribution in [2.24, 2.45) is 0 Å². The van der Waals surface area contributed by atoms with Crippen LogP contribution in [0, 0.1) is 17.0 Å². The number of rotatable bonds is 6. The molecule has 0 fully saturated rings. The van der Waals surface area contributed by atoms with Gasteiger partial charge in [0.1, 0.15) is 6.33 Å². The number of hydrogen-bond acceptors (Lipinski definition) is 9. The molecule has 2 aromatic carbocycles. The number of nitro groups is 1. The van der Waals surface area contributed by atoms with Crippen LogP contribution in [0.15, 0.2) is 48.8 Å². The Balaban J connectivity index is 1.59. The van der Waals surface area contributed by atoms with Crippen molar-refractivity contribution in [2.45, 2.75) is 6.92 Å². The second-order valence-corrected chi connectivity index (χ2v) is 7.80. The van der Waals surface area contributed by atoms with Crippen molar-refractivity contribution in [3.05, 3.63) is 75.1 Å². The zero-order chi connectivity index (χ0) is 22.0. The van der Waals surface area contributed by atoms with Gasteiger partial charge in [-0.2, -0.15) is 0 Å². The van der Waals surface area contributed by atoms with Crippen molar-refractivity contribution in [3.8, 4) is 0 Å². The summed E-state index contributed by atoms with van der Waals surface area (Å²) < 4.78 is 0.936. The second kappa shape index (κ2) is 8.50. The summed E-state index contributed by atoms with van der Waals surface area (Å²) >= 11 is 7.23. The van der Waals surface area contributed by atoms with Gasteiger partial charge in [-0.1, -0.05) is 41.1 Å². The van der Waals surface area contributed by atoms with Gasteiger partial charge in [-0.25, -0.2) is 15.0 Å². The number of benzene rings is 2. The van der Waals surface area contributed by atoms with Gasteiger partial charge in [0, 0.05) is 10.6 Å². The highest BCUT2D eigenvalue weighted by Crippen LogP contribution is 2.34. The van der Waals surface area contributed by atoms with Crippen LogP contribution in [-0.4, -0.2) is 25.8 Å². The van der Waals surface area contributed by atoms with Crippen molar-refractivity contribution >= 4 is 61.5 Å². The Morgan fingerprint density at radius 3 is 2.68 bits per heavy atom. The number of aryl methyl sites for hydroxylation is 1. The maximum atomic E-state index is 12.3. The summed E-state index contributed by atoms with van der Waals surface area (Å²) in [4.78, 5) is 35.7. The van der Waals surface area contributed by atoms with Crippen molar-refractivity contribution < 1.29 is 9.72 Å². The number of hydrazine groups is 1. The van der Waals surface area contributed by atoms with Gasteiger partial charge in [0.2, 0.25) is 11.6 Å². The summed E-state index contributed by atoms with van der Waals surface area (Å²) in [5, 5.41) is 15.4. The third-order valence-corrected chi connectivity index (χ3v) is 5.40. The van der Waals surface area contributed by atoms with Gasteiger partial charge in [0.25, 0.3) is 5.91 Å². The number of anilines is 3. The Hall–Kier alpha value is -3.83. The molecule has 4 rings (SSSR count). The third kappa shape index (κ3) is 4.37. The summed E-state index contributed by atoms with van der Waals surface area (Å²) in [5.41, 5.74) is 6.49. The molecule has 0 atom stereocenters. The SMILES string of the molecule is Cc1cccc2sc(Nc3ncnc(NNC(=O)c4cccc(Cl)c4)c3[N+](=O)[O-])nc12. The van der Waals surface area contributed by atoms with Crippen molar-refractivity contribution in [3.63, 3.8) is 0 Å². The standard InChI is InChI=1S/C19H14ClN7O3S/c1-10-4-2-7-13-14(10)23-19(31-13)24-16-15(27(29)30)17(22-9-21-16)25-26-18(28)11-5-3-6-12(20)8-11/h2-9H,1H3,(H,26,28)(H2,21,22,23,24,25). The first-order chi connectivity index (χ1) is 14.9. The lowest BCUT2D eigenvalue weighted by Gasteiger charge is -2.10. The van der Waals surface area contributed by atoms with Gasteiger partial charge in [-0.05, 0) is 36.8 Å². The summed E-state index contributed by atoms with van der Waals surface area (Å²) in [6, 6.07) is 12.0. The number of fused-ring (bicyclic) bond motifs is 1. The predicted octanol–water partition coefficient (Wildman–Crippen LogP) is 4.46. The Kier molecular flexibility index (Phi) is 5.60. The Bertz CT molecular complexity index is 1310. The van der Waals surface area contributed by atoms with E-state index < -0.39 is 16.5 Å². The molecular weight excluding hydrogens is 442 g/mol. The molecule has 0 aliphatic carbocycles. The molecule has 2 aromatic heterocycles. The average Bonchev–Trinajstić information content (AvgIpc) is 3.15. The van der Waals surface area contributed by atoms with E-state index in [1.54, 1.807) is 18.2 Å². The lowest BCUT2D eigenvalue weighted by atomic mass is 10.2. The summed E-state index contributed by atoms with van der Waals surface area (Å²) in [6.07, 6.45) is 1.14. The largest absolute Gasteiger partial charge is 0.355 e. The fourth-order valence-electron chi connectivity index (χ4n) is 2.79. The summed E-state index contributed by atoms with van der Waals surface area (Å²) in [6.45, 7) is 1.93. The lowest BCUT2D eigenvalue weighted by molar-refractivity contribution is -0.383. The van der Waals surface area contributed by atoms with Crippen molar-refractivity contribution in [1.29, 1.82) is 0 Å². The molecule has 4 aromatic rings. The molecule has 3 N–H and O–H groups in total. The van der Waals surface area contributed by atoms with E-state index in [0.29, 0.717) is 10.2 Å². The van der Waals surface area contributed by atoms with Crippen LogP contribution in [0.3, 0.4) is 0 Å². The van der Waals surface area contributed by atoms with E-state index in [1.165, 1.54) is 17.4 Å². The Morgan fingerprint density at radius 2 is 1.94 bits per heavy atom. The lowest BCUT2D eigenvalue weighted by Crippen LogP contribution is -2.30. The number of halogens is 1. The number of amides is 1. The molecule has 0 saturated carbocycles. The maximum Gasteiger partial charge on any atom is 0.355 e. The van der Waals surface area contributed by atoms with Crippen LogP contribution in [-0.2, 0) is 0 Å². The summed E-state index contributed by atoms with van der Waals surface area (Å²) in [7, 11) is 0. The molecular formula is C19H14ClN7O3S. The van der Waals surface area contributed by atoms with E-state index in [0.717, 1.165) is 22.1 Å². The molecule has 156 valence electrons. The van der Waals surface area contributed by atoms with Crippen LogP contribution in [0.4, 0.5) is 22.5 Å². The van der Waals surface area contributed by atoms with Gasteiger partial charge in [0.15, 0.2) is 5.13 Å². The van der Waals surface area contributed by atoms with Crippen LogP contribution >= 0.6 is 22.9 Å². The molecule has 0 saturated heterocycles. The minimum atomic E-state index is -0.644. The fourth-order valence-corrected chi connectivity index (χ4v) is 3.93. The maximum absolute atomic E-state index is 12.3. The fraction of sp³-hybridized carbons (Fsp3) is 0.0526. The van der Waals surface area contributed by atoms with E-state index >= 15 is 0 Å². The van der Waals surface area contributed by atoms with Crippen LogP contribution < -0.4 is 16.2 Å². The molecule has 0 unspecified atom stereocenters. The topological polar surface area (TPSA) is 135 Å². The van der Waals surface area contributed by atoms with Crippen LogP contribution in [0.2, 0.25) is 5.02 Å². The molecule has 0 spiro atoms. The minimum Gasteiger partial charge on any atom is -0.310 e. The first kappa shape index (κ1) is 20.4. The number of carbonyl (C=O) groups is 1. The van der Waals surface area contributed by atoms with Gasteiger partial charge in [-0.3, -0.25) is 25.8 Å². The van der Waals surface area contributed by atoms with Crippen LogP contribution in [0.1, 0.15) is 15.9 Å². The highest BCUT2D eigenvalue weighted by Gasteiger charge is 2.24. The minimum absolute atomic E-state index is 0.0591. The van der Waals surface area contributed by atoms with E-state index in [4.69, 9.17) is 11.6 Å². The number of hydrogen-bond donors (Lipinski definition) is 3. The van der Waals surface area contributed by atoms with E-state index in [-0.39, 0.29) is 17.2 Å². The predicted molar refractivity (Wildman–Crippen MR) is 119 cm³/mol. The van der Waals surface area contributed by atoms with E-state index in [2.05, 4.69) is 31.1 Å². The molecule has 31 heavy (non-hydrogen) atoms. The Labute approximate surface area is 184 Å². The molecule has 12 heteroatoms. The van der Waals surface area contributed by atoms with Crippen molar-refractivity contribution in [2.75, 3.05) is 10.7 Å². The Morgan fingerprint density at radius 1 is 1.16 bits per heavy atom. The molecule has 10 nitrogen and oxygen atoms in total. The molecule has 0 radical (unpaired) electrons. The van der Waals surface area contributed by atoms with Crippen molar-refractivity contribution in [1.82, 2.24) is 20.4 Å². The molecule has 0 aliphatic heterocycles. The second-order valence-electron chi connectivity index (χ2n) is 6.33. The quantitative estimate of drug-likeness (QED) is 0.286. The average molecular weight is 456 g/mol.